The van der Waals surface area contributed by atoms with Gasteiger partial charge in [-0.15, -0.1) is 0 Å². The molecule has 0 aromatic carbocycles. The fourth-order valence-corrected chi connectivity index (χ4v) is 1.11. The molecule has 4 heteroatoms. The first kappa shape index (κ1) is 7.06. The number of nitrogens with one attached hydrogen (secondary N) is 3. The highest BCUT2D eigenvalue weighted by Gasteiger charge is 2.34. The lowest BCUT2D eigenvalue weighted by molar-refractivity contribution is -0.124. The summed E-state index contributed by atoms with van der Waals surface area (Å²) in [6.07, 6.45) is 2.28. The molecule has 11 heavy (non-hydrogen) atoms. The van der Waals surface area contributed by atoms with E-state index in [1.54, 1.807) is 0 Å². The second-order valence-electron chi connectivity index (χ2n) is 3.34. The van der Waals surface area contributed by atoms with Crippen molar-refractivity contribution in [2.24, 2.45) is 5.92 Å². The maximum atomic E-state index is 11.2. The lowest BCUT2D eigenvalue weighted by Crippen LogP contribution is -2.72. The Morgan fingerprint density at radius 1 is 1.45 bits per heavy atom. The van der Waals surface area contributed by atoms with Crippen LogP contribution in [-0.4, -0.2) is 18.1 Å². The lowest BCUT2D eigenvalue weighted by Gasteiger charge is -2.37. The second-order valence-corrected chi connectivity index (χ2v) is 3.34. The minimum absolute atomic E-state index is 0.142. The van der Waals surface area contributed by atoms with Crippen LogP contribution in [0.3, 0.4) is 0 Å². The summed E-state index contributed by atoms with van der Waals surface area (Å²) in [4.78, 5) is 11.2. The molecule has 0 bridgehead atoms. The number of rotatable bonds is 2. The first-order valence-electron chi connectivity index (χ1n) is 4.09. The summed E-state index contributed by atoms with van der Waals surface area (Å²) in [6, 6.07) is 0.359. The smallest absolute Gasteiger partial charge is 0.224 e. The molecule has 1 saturated carbocycles. The number of carbonyl (C=O) groups is 1. The Kier molecular flexibility index (Phi) is 1.58. The summed E-state index contributed by atoms with van der Waals surface area (Å²) >= 11 is 0. The van der Waals surface area contributed by atoms with Gasteiger partial charge in [0.25, 0.3) is 0 Å². The van der Waals surface area contributed by atoms with E-state index < -0.39 is 0 Å². The van der Waals surface area contributed by atoms with Gasteiger partial charge in [-0.05, 0) is 19.8 Å². The van der Waals surface area contributed by atoms with Gasteiger partial charge >= 0.3 is 0 Å². The Morgan fingerprint density at radius 2 is 2.18 bits per heavy atom. The van der Waals surface area contributed by atoms with Crippen LogP contribution >= 0.6 is 0 Å². The maximum Gasteiger partial charge on any atom is 0.224 e. The summed E-state index contributed by atoms with van der Waals surface area (Å²) in [6.45, 7) is 2.04. The molecule has 0 aromatic heterocycles. The molecule has 0 spiro atoms. The van der Waals surface area contributed by atoms with Gasteiger partial charge in [0, 0.05) is 5.92 Å². The van der Waals surface area contributed by atoms with Crippen molar-refractivity contribution in [3.8, 4) is 0 Å². The molecule has 3 N–H and O–H groups in total. The molecule has 1 amide bonds. The number of carbonyl (C=O) groups excluding carboxylic acids is 1. The van der Waals surface area contributed by atoms with Crippen molar-refractivity contribution in [2.75, 3.05) is 0 Å². The molecular weight excluding hydrogens is 142 g/mol. The first-order valence-corrected chi connectivity index (χ1v) is 4.09. The fourth-order valence-electron chi connectivity index (χ4n) is 1.11. The van der Waals surface area contributed by atoms with Crippen molar-refractivity contribution in [3.63, 3.8) is 0 Å². The SMILES string of the molecule is CC1NN[C@H]1NC(=O)C1CC1. The van der Waals surface area contributed by atoms with Crippen LogP contribution < -0.4 is 16.2 Å². The Bertz CT molecular complexity index is 179. The third-order valence-corrected chi connectivity index (χ3v) is 2.21. The highest BCUT2D eigenvalue weighted by molar-refractivity contribution is 5.81. The van der Waals surface area contributed by atoms with Gasteiger partial charge in [-0.3, -0.25) is 4.79 Å². The number of amides is 1. The van der Waals surface area contributed by atoms with E-state index in [1.165, 1.54) is 0 Å². The van der Waals surface area contributed by atoms with E-state index in [9.17, 15) is 4.79 Å². The topological polar surface area (TPSA) is 53.2 Å². The van der Waals surface area contributed by atoms with Crippen molar-refractivity contribution in [3.05, 3.63) is 0 Å². The molecule has 2 rings (SSSR count). The molecule has 1 aliphatic heterocycles. The molecule has 4 nitrogen and oxygen atoms in total. The Hall–Kier alpha value is -0.610. The van der Waals surface area contributed by atoms with E-state index in [0.29, 0.717) is 12.0 Å². The predicted molar refractivity (Wildman–Crippen MR) is 40.4 cm³/mol. The van der Waals surface area contributed by atoms with E-state index in [0.717, 1.165) is 12.8 Å². The van der Waals surface area contributed by atoms with Crippen molar-refractivity contribution < 1.29 is 4.79 Å². The molecular formula is C7H13N3O. The van der Waals surface area contributed by atoms with E-state index in [4.69, 9.17) is 0 Å². The van der Waals surface area contributed by atoms with Gasteiger partial charge in [-0.25, -0.2) is 10.9 Å². The zero-order valence-electron chi connectivity index (χ0n) is 6.55. The first-order chi connectivity index (χ1) is 5.27. The Labute approximate surface area is 65.7 Å². The summed E-state index contributed by atoms with van der Waals surface area (Å²) in [5.74, 6) is 0.514. The van der Waals surface area contributed by atoms with E-state index >= 15 is 0 Å². The van der Waals surface area contributed by atoms with Gasteiger partial charge < -0.3 is 5.32 Å². The Balaban J connectivity index is 1.75. The normalized spacial score (nSPS) is 36.1. The maximum absolute atomic E-state index is 11.2. The Morgan fingerprint density at radius 3 is 2.55 bits per heavy atom. The van der Waals surface area contributed by atoms with Gasteiger partial charge in [-0.1, -0.05) is 0 Å². The highest BCUT2D eigenvalue weighted by atomic mass is 16.2. The molecule has 2 atom stereocenters. The largest absolute Gasteiger partial charge is 0.338 e. The van der Waals surface area contributed by atoms with Crippen LogP contribution in [0.2, 0.25) is 0 Å². The monoisotopic (exact) mass is 155 g/mol. The van der Waals surface area contributed by atoms with Crippen LogP contribution in [0.5, 0.6) is 0 Å². The van der Waals surface area contributed by atoms with Gasteiger partial charge in [0.15, 0.2) is 0 Å². The predicted octanol–water partition coefficient (Wildman–Crippen LogP) is -0.665. The van der Waals surface area contributed by atoms with E-state index in [2.05, 4.69) is 16.2 Å². The zero-order chi connectivity index (χ0) is 7.84. The second kappa shape index (κ2) is 2.46. The molecule has 62 valence electrons. The van der Waals surface area contributed by atoms with Gasteiger partial charge in [-0.2, -0.15) is 0 Å². The van der Waals surface area contributed by atoms with Gasteiger partial charge in [0.1, 0.15) is 6.17 Å². The average molecular weight is 155 g/mol. The lowest BCUT2D eigenvalue weighted by atomic mass is 10.2. The van der Waals surface area contributed by atoms with Gasteiger partial charge in [0.05, 0.1) is 6.04 Å². The minimum Gasteiger partial charge on any atom is -0.338 e. The average Bonchev–Trinajstić information content (AvgIpc) is 2.78. The van der Waals surface area contributed by atoms with E-state index in [1.807, 2.05) is 6.92 Å². The van der Waals surface area contributed by atoms with Crippen molar-refractivity contribution >= 4 is 5.91 Å². The van der Waals surface area contributed by atoms with Crippen molar-refractivity contribution in [2.45, 2.75) is 32.0 Å². The molecule has 2 fully saturated rings. The molecule has 2 aliphatic rings. The number of hydrazine groups is 1. The van der Waals surface area contributed by atoms with Crippen molar-refractivity contribution in [1.29, 1.82) is 0 Å². The van der Waals surface area contributed by atoms with Crippen molar-refractivity contribution in [1.82, 2.24) is 16.2 Å². The van der Waals surface area contributed by atoms with Crippen LogP contribution in [-0.2, 0) is 4.79 Å². The highest BCUT2D eigenvalue weighted by Crippen LogP contribution is 2.28. The summed E-state index contributed by atoms with van der Waals surface area (Å²) < 4.78 is 0. The summed E-state index contributed by atoms with van der Waals surface area (Å²) in [7, 11) is 0. The molecule has 1 unspecified atom stereocenters. The summed E-state index contributed by atoms with van der Waals surface area (Å²) in [5, 5.41) is 2.92. The molecule has 1 aliphatic carbocycles. The van der Waals surface area contributed by atoms with Crippen LogP contribution in [0.25, 0.3) is 0 Å². The quantitative estimate of drug-likeness (QED) is 0.496. The third kappa shape index (κ3) is 1.36. The molecule has 1 saturated heterocycles. The minimum atomic E-state index is 0.142. The zero-order valence-corrected chi connectivity index (χ0v) is 6.55. The van der Waals surface area contributed by atoms with Crippen LogP contribution in [0, 0.1) is 5.92 Å². The van der Waals surface area contributed by atoms with Crippen LogP contribution in [0.4, 0.5) is 0 Å². The molecule has 1 heterocycles. The van der Waals surface area contributed by atoms with Crippen LogP contribution in [0.15, 0.2) is 0 Å². The number of hydrogen-bond acceptors (Lipinski definition) is 3. The molecule has 0 radical (unpaired) electrons. The molecule has 0 aromatic rings. The fraction of sp³-hybridized carbons (Fsp3) is 0.857. The number of hydrogen-bond donors (Lipinski definition) is 3. The third-order valence-electron chi connectivity index (χ3n) is 2.21. The summed E-state index contributed by atoms with van der Waals surface area (Å²) in [5.41, 5.74) is 5.89. The van der Waals surface area contributed by atoms with Crippen LogP contribution in [0.1, 0.15) is 19.8 Å². The van der Waals surface area contributed by atoms with E-state index in [-0.39, 0.29) is 12.1 Å². The van der Waals surface area contributed by atoms with Gasteiger partial charge in [0.2, 0.25) is 5.91 Å². The standard InChI is InChI=1S/C7H13N3O/c1-4-6(10-9-4)8-7(11)5-2-3-5/h4-6,9-10H,2-3H2,1H3,(H,8,11)/t4?,6-/m1/s1.